The maximum Gasteiger partial charge on any atom is 0.306 e. The van der Waals surface area contributed by atoms with E-state index < -0.39 is 5.97 Å². The van der Waals surface area contributed by atoms with Crippen LogP contribution in [0, 0.1) is 52.3 Å². The van der Waals surface area contributed by atoms with Crippen LogP contribution in [0.25, 0.3) is 0 Å². The van der Waals surface area contributed by atoms with Crippen molar-refractivity contribution >= 4 is 11.8 Å². The van der Waals surface area contributed by atoms with E-state index in [0.29, 0.717) is 23.5 Å². The van der Waals surface area contributed by atoms with Gasteiger partial charge in [-0.05, 0) is 85.9 Å². The zero-order valence-electron chi connectivity index (χ0n) is 18.0. The molecule has 4 rings (SSSR count). The van der Waals surface area contributed by atoms with E-state index in [1.54, 1.807) is 0 Å². The van der Waals surface area contributed by atoms with Crippen LogP contribution in [0.3, 0.4) is 0 Å². The number of carbonyl (C=O) groups excluding carboxylic acids is 1. The molecule has 4 heteroatoms. The first-order chi connectivity index (χ1) is 13.1. The van der Waals surface area contributed by atoms with Crippen LogP contribution in [0.15, 0.2) is 0 Å². The van der Waals surface area contributed by atoms with Crippen molar-refractivity contribution in [2.24, 2.45) is 52.3 Å². The van der Waals surface area contributed by atoms with E-state index in [0.717, 1.165) is 51.4 Å². The normalized spacial score (nSPS) is 51.8. The van der Waals surface area contributed by atoms with Crippen LogP contribution in [0.4, 0.5) is 0 Å². The van der Waals surface area contributed by atoms with Crippen LogP contribution < -0.4 is 0 Å². The average Bonchev–Trinajstić information content (AvgIpc) is 3.00. The number of carbonyl (C=O) groups is 2. The first-order valence-corrected chi connectivity index (χ1v) is 11.6. The highest BCUT2D eigenvalue weighted by Crippen LogP contribution is 2.68. The minimum atomic E-state index is -0.691. The van der Waals surface area contributed by atoms with Gasteiger partial charge in [0.2, 0.25) is 0 Å². The van der Waals surface area contributed by atoms with Crippen molar-refractivity contribution in [1.82, 2.24) is 0 Å². The fourth-order valence-corrected chi connectivity index (χ4v) is 8.67. The monoisotopic (exact) mass is 390 g/mol. The van der Waals surface area contributed by atoms with Gasteiger partial charge in [0.1, 0.15) is 5.78 Å². The van der Waals surface area contributed by atoms with Crippen LogP contribution in [0.1, 0.15) is 79.1 Å². The fourth-order valence-electron chi connectivity index (χ4n) is 8.67. The van der Waals surface area contributed by atoms with Crippen molar-refractivity contribution in [1.29, 1.82) is 0 Å². The molecule has 0 aromatic heterocycles. The Labute approximate surface area is 169 Å². The zero-order chi connectivity index (χ0) is 20.4. The lowest BCUT2D eigenvalue weighted by atomic mass is 9.42. The number of hydrogen-bond acceptors (Lipinski definition) is 3. The molecule has 0 aromatic rings. The average molecular weight is 391 g/mol. The Kier molecular flexibility index (Phi) is 4.96. The first kappa shape index (κ1) is 20.4. The van der Waals surface area contributed by atoms with Gasteiger partial charge in [-0.3, -0.25) is 9.59 Å². The molecule has 0 bridgehead atoms. The van der Waals surface area contributed by atoms with Crippen LogP contribution in [-0.2, 0) is 9.59 Å². The molecule has 4 aliphatic rings. The van der Waals surface area contributed by atoms with Crippen LogP contribution >= 0.6 is 0 Å². The molecule has 0 amide bonds. The van der Waals surface area contributed by atoms with Gasteiger partial charge in [-0.25, -0.2) is 0 Å². The molecular formula is C24H38O4. The third-order valence-electron chi connectivity index (χ3n) is 10.2. The zero-order valence-corrected chi connectivity index (χ0v) is 18.0. The fraction of sp³-hybridized carbons (Fsp3) is 0.917. The van der Waals surface area contributed by atoms with E-state index in [9.17, 15) is 19.8 Å². The number of aliphatic hydroxyl groups is 1. The number of rotatable bonds is 3. The number of fused-ring (bicyclic) bond motifs is 5. The van der Waals surface area contributed by atoms with Gasteiger partial charge >= 0.3 is 5.97 Å². The topological polar surface area (TPSA) is 74.6 Å². The molecule has 0 aromatic carbocycles. The summed E-state index contributed by atoms with van der Waals surface area (Å²) in [7, 11) is 0. The van der Waals surface area contributed by atoms with E-state index in [-0.39, 0.29) is 40.6 Å². The number of ketones is 1. The van der Waals surface area contributed by atoms with E-state index >= 15 is 0 Å². The first-order valence-electron chi connectivity index (χ1n) is 11.6. The molecule has 0 saturated heterocycles. The summed E-state index contributed by atoms with van der Waals surface area (Å²) in [6.07, 6.45) is 7.34. The second-order valence-electron chi connectivity index (χ2n) is 11.1. The van der Waals surface area contributed by atoms with Crippen molar-refractivity contribution in [2.45, 2.75) is 85.2 Å². The number of carboxylic acids is 1. The Morgan fingerprint density at radius 2 is 1.71 bits per heavy atom. The Morgan fingerprint density at radius 1 is 1.07 bits per heavy atom. The summed E-state index contributed by atoms with van der Waals surface area (Å²) in [5, 5.41) is 20.0. The molecule has 4 aliphatic carbocycles. The van der Waals surface area contributed by atoms with Crippen molar-refractivity contribution < 1.29 is 19.8 Å². The van der Waals surface area contributed by atoms with E-state index in [4.69, 9.17) is 0 Å². The van der Waals surface area contributed by atoms with Crippen molar-refractivity contribution in [3.8, 4) is 0 Å². The third-order valence-corrected chi connectivity index (χ3v) is 10.2. The largest absolute Gasteiger partial charge is 0.481 e. The molecule has 4 saturated carbocycles. The van der Waals surface area contributed by atoms with Gasteiger partial charge in [-0.1, -0.05) is 27.7 Å². The second-order valence-corrected chi connectivity index (χ2v) is 11.1. The summed E-state index contributed by atoms with van der Waals surface area (Å²) in [5.74, 6) is 0.844. The lowest BCUT2D eigenvalue weighted by molar-refractivity contribution is -0.174. The van der Waals surface area contributed by atoms with E-state index in [2.05, 4.69) is 20.8 Å². The van der Waals surface area contributed by atoms with Crippen LogP contribution in [0.5, 0.6) is 0 Å². The quantitative estimate of drug-likeness (QED) is 0.742. The van der Waals surface area contributed by atoms with Gasteiger partial charge in [0.25, 0.3) is 0 Å². The highest BCUT2D eigenvalue weighted by molar-refractivity contribution is 5.86. The second kappa shape index (κ2) is 6.82. The molecule has 4 nitrogen and oxygen atoms in total. The molecule has 1 unspecified atom stereocenters. The van der Waals surface area contributed by atoms with Crippen LogP contribution in [0.2, 0.25) is 0 Å². The highest BCUT2D eigenvalue weighted by Gasteiger charge is 2.65. The molecule has 2 N–H and O–H groups in total. The minimum Gasteiger partial charge on any atom is -0.481 e. The van der Waals surface area contributed by atoms with E-state index in [1.165, 1.54) is 0 Å². The summed E-state index contributed by atoms with van der Waals surface area (Å²) in [5.41, 5.74) is 0.126. The molecule has 0 radical (unpaired) electrons. The predicted molar refractivity (Wildman–Crippen MR) is 108 cm³/mol. The van der Waals surface area contributed by atoms with Gasteiger partial charge in [0.15, 0.2) is 0 Å². The highest BCUT2D eigenvalue weighted by atomic mass is 16.4. The Bertz CT molecular complexity index is 659. The predicted octanol–water partition coefficient (Wildman–Crippen LogP) is 4.54. The molecule has 0 aliphatic heterocycles. The molecule has 10 atom stereocenters. The SMILES string of the molecule is CC[C@@H]1C(=O)[C@@H]2[C@H](CC[C@]3(C)C([C@H](C)C(=O)O)CC[C@@H]23)[C@@]2(C)CC[C@@H](O)C[C@@H]12. The number of Topliss-reactive ketones (excluding diaryl/α,β-unsaturated/α-hetero) is 1. The summed E-state index contributed by atoms with van der Waals surface area (Å²) in [4.78, 5) is 25.5. The number of carboxylic acid groups (broad SMARTS) is 1. The van der Waals surface area contributed by atoms with E-state index in [1.807, 2.05) is 6.92 Å². The van der Waals surface area contributed by atoms with Crippen LogP contribution in [-0.4, -0.2) is 28.1 Å². The number of aliphatic carboxylic acids is 1. The molecule has 0 heterocycles. The molecule has 4 fully saturated rings. The number of aliphatic hydroxyl groups excluding tert-OH is 1. The summed E-state index contributed by atoms with van der Waals surface area (Å²) >= 11 is 0. The Hall–Kier alpha value is -0.900. The summed E-state index contributed by atoms with van der Waals surface area (Å²) < 4.78 is 0. The molecule has 158 valence electrons. The lowest BCUT2D eigenvalue weighted by Gasteiger charge is -2.62. The van der Waals surface area contributed by atoms with Gasteiger partial charge in [0, 0.05) is 11.8 Å². The summed E-state index contributed by atoms with van der Waals surface area (Å²) in [6, 6.07) is 0. The standard InChI is InChI=1S/C24H38O4/c1-5-15-19-12-14(25)8-10-24(19,4)18-9-11-23(3)16(13(2)22(27)28)6-7-17(23)20(18)21(15)26/h13-20,25H,5-12H2,1-4H3,(H,27,28)/t13-,14+,15-,16?,17-,18-,19-,20-,23+,24+/m0/s1. The third kappa shape index (κ3) is 2.66. The molecular weight excluding hydrogens is 352 g/mol. The molecule has 0 spiro atoms. The maximum absolute atomic E-state index is 13.8. The van der Waals surface area contributed by atoms with Gasteiger partial charge in [-0.2, -0.15) is 0 Å². The lowest BCUT2D eigenvalue weighted by Crippen LogP contribution is -2.60. The van der Waals surface area contributed by atoms with Crippen molar-refractivity contribution in [3.05, 3.63) is 0 Å². The Morgan fingerprint density at radius 3 is 2.36 bits per heavy atom. The van der Waals surface area contributed by atoms with Crippen molar-refractivity contribution in [3.63, 3.8) is 0 Å². The number of hydrogen-bond donors (Lipinski definition) is 2. The molecule has 28 heavy (non-hydrogen) atoms. The summed E-state index contributed by atoms with van der Waals surface area (Å²) in [6.45, 7) is 8.70. The Balaban J connectivity index is 1.71. The van der Waals surface area contributed by atoms with Crippen molar-refractivity contribution in [2.75, 3.05) is 0 Å². The smallest absolute Gasteiger partial charge is 0.306 e. The van der Waals surface area contributed by atoms with Gasteiger partial charge in [-0.15, -0.1) is 0 Å². The maximum atomic E-state index is 13.8. The minimum absolute atomic E-state index is 0.0235. The van der Waals surface area contributed by atoms with Gasteiger partial charge in [0.05, 0.1) is 12.0 Å². The van der Waals surface area contributed by atoms with Gasteiger partial charge < -0.3 is 10.2 Å².